The van der Waals surface area contributed by atoms with Crippen molar-refractivity contribution in [2.45, 2.75) is 51.9 Å². The van der Waals surface area contributed by atoms with Gasteiger partial charge in [-0.2, -0.15) is 0 Å². The number of benzene rings is 1. The maximum atomic E-state index is 14.3. The van der Waals surface area contributed by atoms with Crippen molar-refractivity contribution in [2.75, 3.05) is 25.4 Å². The molecule has 2 aromatic heterocycles. The van der Waals surface area contributed by atoms with Crippen LogP contribution in [0.1, 0.15) is 61.0 Å². The molecule has 1 aliphatic heterocycles. The quantitative estimate of drug-likeness (QED) is 0.377. The highest BCUT2D eigenvalue weighted by Crippen LogP contribution is 2.38. The Hall–Kier alpha value is -3.88. The molecule has 1 amide bonds. The Kier molecular flexibility index (Phi) is 7.62. The first kappa shape index (κ1) is 25.8. The number of piperidine rings is 1. The number of hydrogen-bond acceptors (Lipinski definition) is 7. The van der Waals surface area contributed by atoms with Gasteiger partial charge >= 0.3 is 0 Å². The molecule has 1 fully saturated rings. The van der Waals surface area contributed by atoms with E-state index in [9.17, 15) is 9.18 Å². The van der Waals surface area contributed by atoms with Gasteiger partial charge in [0.1, 0.15) is 12.4 Å². The summed E-state index contributed by atoms with van der Waals surface area (Å²) < 4.78 is 14.3. The van der Waals surface area contributed by atoms with Gasteiger partial charge in [-0.1, -0.05) is 17.3 Å². The van der Waals surface area contributed by atoms with Crippen LogP contribution in [0.25, 0.3) is 11.1 Å². The predicted octanol–water partition coefficient (Wildman–Crippen LogP) is 4.67. The number of nitrogen functional groups attached to an aromatic ring is 1. The lowest BCUT2D eigenvalue weighted by atomic mass is 9.78. The zero-order chi connectivity index (χ0) is 26.6. The fourth-order valence-corrected chi connectivity index (χ4v) is 5.66. The molecule has 1 atom stereocenters. The van der Waals surface area contributed by atoms with Crippen LogP contribution in [-0.4, -0.2) is 51.2 Å². The molecule has 0 saturated carbocycles. The van der Waals surface area contributed by atoms with Crippen molar-refractivity contribution < 1.29 is 14.0 Å². The number of aryl methyl sites for hydroxylation is 1. The van der Waals surface area contributed by atoms with Crippen LogP contribution in [0.5, 0.6) is 0 Å². The molecule has 3 heterocycles. The van der Waals surface area contributed by atoms with Crippen molar-refractivity contribution in [1.82, 2.24) is 19.9 Å². The van der Waals surface area contributed by atoms with Crippen molar-refractivity contribution in [1.29, 1.82) is 0 Å². The number of aromatic nitrogens is 3. The lowest BCUT2D eigenvalue weighted by Crippen LogP contribution is -2.37. The first-order valence-corrected chi connectivity index (χ1v) is 13.2. The highest BCUT2D eigenvalue weighted by atomic mass is 19.1. The second kappa shape index (κ2) is 11.2. The zero-order valence-electron chi connectivity index (χ0n) is 21.9. The van der Waals surface area contributed by atoms with E-state index in [4.69, 9.17) is 10.6 Å². The van der Waals surface area contributed by atoms with E-state index in [1.807, 2.05) is 30.0 Å². The SMILES string of the molecule is CC(=O)N1CCC(CCO/N=C2\CC(c3ccc(F)cc3-c3cccnc3)Cc3nc(N)nc(C)c32)CC1. The Labute approximate surface area is 222 Å². The average Bonchev–Trinajstić information content (AvgIpc) is 2.91. The topological polar surface area (TPSA) is 107 Å². The number of rotatable bonds is 6. The number of likely N-dealkylation sites (tertiary alicyclic amines) is 1. The van der Waals surface area contributed by atoms with E-state index in [0.717, 1.165) is 71.7 Å². The molecular weight excluding hydrogens is 483 g/mol. The third-order valence-corrected chi connectivity index (χ3v) is 7.63. The van der Waals surface area contributed by atoms with E-state index in [2.05, 4.69) is 20.1 Å². The number of carbonyl (C=O) groups excluding carboxylic acids is 1. The van der Waals surface area contributed by atoms with E-state index in [0.29, 0.717) is 25.4 Å². The second-order valence-corrected chi connectivity index (χ2v) is 10.2. The van der Waals surface area contributed by atoms with Crippen molar-refractivity contribution in [3.05, 3.63) is 71.1 Å². The van der Waals surface area contributed by atoms with E-state index < -0.39 is 0 Å². The first-order chi connectivity index (χ1) is 18.4. The Morgan fingerprint density at radius 2 is 2.03 bits per heavy atom. The number of anilines is 1. The molecule has 9 heteroatoms. The van der Waals surface area contributed by atoms with Crippen molar-refractivity contribution in [2.24, 2.45) is 11.1 Å². The minimum Gasteiger partial charge on any atom is -0.396 e. The summed E-state index contributed by atoms with van der Waals surface area (Å²) in [7, 11) is 0. The minimum atomic E-state index is -0.294. The molecule has 1 aromatic carbocycles. The molecule has 0 radical (unpaired) electrons. The fraction of sp³-hybridized carbons (Fsp3) is 0.414. The Morgan fingerprint density at radius 3 is 2.76 bits per heavy atom. The van der Waals surface area contributed by atoms with Gasteiger partial charge in [0, 0.05) is 50.0 Å². The predicted molar refractivity (Wildman–Crippen MR) is 144 cm³/mol. The summed E-state index contributed by atoms with van der Waals surface area (Å²) in [5, 5.41) is 4.58. The minimum absolute atomic E-state index is 0.00487. The maximum Gasteiger partial charge on any atom is 0.220 e. The number of oxime groups is 1. The van der Waals surface area contributed by atoms with Crippen molar-refractivity contribution >= 4 is 17.6 Å². The average molecular weight is 517 g/mol. The van der Waals surface area contributed by atoms with Crippen molar-refractivity contribution in [3.63, 3.8) is 0 Å². The van der Waals surface area contributed by atoms with E-state index in [-0.39, 0.29) is 23.6 Å². The highest BCUT2D eigenvalue weighted by molar-refractivity contribution is 6.03. The molecular formula is C29H33FN6O2. The number of amides is 1. The van der Waals surface area contributed by atoms with Crippen LogP contribution < -0.4 is 5.73 Å². The maximum absolute atomic E-state index is 14.3. The van der Waals surface area contributed by atoms with Crippen LogP contribution in [0, 0.1) is 18.7 Å². The standard InChI is InChI=1S/C29H33FN6O2/c1-18-28-26(34-29(31)33-18)14-22(24-6-5-23(30)16-25(24)21-4-3-10-32-17-21)15-27(28)35-38-13-9-20-7-11-36(12-8-20)19(2)37/h3-6,10,16-17,20,22H,7-9,11-15H2,1-2H3,(H2,31,33,34)/b35-27+. The number of pyridine rings is 1. The van der Waals surface area contributed by atoms with Crippen LogP contribution in [0.2, 0.25) is 0 Å². The highest BCUT2D eigenvalue weighted by Gasteiger charge is 2.31. The lowest BCUT2D eigenvalue weighted by molar-refractivity contribution is -0.130. The fourth-order valence-electron chi connectivity index (χ4n) is 5.66. The summed E-state index contributed by atoms with van der Waals surface area (Å²) >= 11 is 0. The molecule has 2 aliphatic rings. The van der Waals surface area contributed by atoms with Crippen LogP contribution in [0.15, 0.2) is 47.9 Å². The van der Waals surface area contributed by atoms with Crippen LogP contribution in [0.3, 0.4) is 0 Å². The third kappa shape index (κ3) is 5.66. The van der Waals surface area contributed by atoms with Gasteiger partial charge in [0.05, 0.1) is 17.1 Å². The Balaban J connectivity index is 1.37. The molecule has 3 aromatic rings. The Morgan fingerprint density at radius 1 is 1.21 bits per heavy atom. The van der Waals surface area contributed by atoms with Gasteiger partial charge in [0.25, 0.3) is 0 Å². The van der Waals surface area contributed by atoms with E-state index in [1.165, 1.54) is 6.07 Å². The van der Waals surface area contributed by atoms with Gasteiger partial charge in [0.15, 0.2) is 0 Å². The third-order valence-electron chi connectivity index (χ3n) is 7.63. The first-order valence-electron chi connectivity index (χ1n) is 13.2. The van der Waals surface area contributed by atoms with Gasteiger partial charge in [-0.25, -0.2) is 14.4 Å². The smallest absolute Gasteiger partial charge is 0.220 e. The molecule has 0 bridgehead atoms. The number of hydrogen-bond donors (Lipinski definition) is 1. The second-order valence-electron chi connectivity index (χ2n) is 10.2. The summed E-state index contributed by atoms with van der Waals surface area (Å²) in [6, 6.07) is 8.69. The summed E-state index contributed by atoms with van der Waals surface area (Å²) in [4.78, 5) is 32.5. The molecule has 1 saturated heterocycles. The number of halogens is 1. The van der Waals surface area contributed by atoms with E-state index >= 15 is 0 Å². The monoisotopic (exact) mass is 516 g/mol. The molecule has 8 nitrogen and oxygen atoms in total. The molecule has 38 heavy (non-hydrogen) atoms. The summed E-state index contributed by atoms with van der Waals surface area (Å²) in [6.45, 7) is 5.64. The van der Waals surface area contributed by atoms with Crippen LogP contribution in [-0.2, 0) is 16.1 Å². The largest absolute Gasteiger partial charge is 0.396 e. The zero-order valence-corrected chi connectivity index (χ0v) is 21.9. The van der Waals surface area contributed by atoms with Gasteiger partial charge in [-0.15, -0.1) is 0 Å². The molecule has 5 rings (SSSR count). The number of fused-ring (bicyclic) bond motifs is 1. The molecule has 1 aliphatic carbocycles. The lowest BCUT2D eigenvalue weighted by Gasteiger charge is -2.31. The number of nitrogens with two attached hydrogens (primary N) is 1. The molecule has 198 valence electrons. The summed E-state index contributed by atoms with van der Waals surface area (Å²) in [6.07, 6.45) is 7.55. The summed E-state index contributed by atoms with van der Waals surface area (Å²) in [5.41, 5.74) is 11.9. The van der Waals surface area contributed by atoms with Gasteiger partial charge in [-0.3, -0.25) is 9.78 Å². The number of nitrogens with zero attached hydrogens (tertiary/aromatic N) is 5. The normalized spacial score (nSPS) is 18.9. The molecule has 1 unspecified atom stereocenters. The van der Waals surface area contributed by atoms with Crippen molar-refractivity contribution in [3.8, 4) is 11.1 Å². The molecule has 0 spiro atoms. The van der Waals surface area contributed by atoms with Crippen LogP contribution in [0.4, 0.5) is 10.3 Å². The van der Waals surface area contributed by atoms with Gasteiger partial charge in [-0.05, 0) is 73.8 Å². The van der Waals surface area contributed by atoms with Gasteiger partial charge < -0.3 is 15.5 Å². The molecule has 2 N–H and O–H groups in total. The van der Waals surface area contributed by atoms with Gasteiger partial charge in [0.2, 0.25) is 11.9 Å². The number of carbonyl (C=O) groups is 1. The van der Waals surface area contributed by atoms with E-state index in [1.54, 1.807) is 25.4 Å². The Bertz CT molecular complexity index is 1340. The van der Waals surface area contributed by atoms with Crippen LogP contribution >= 0.6 is 0 Å². The summed E-state index contributed by atoms with van der Waals surface area (Å²) in [5.74, 6) is 0.597.